The number of carboxylic acid groups (broad SMARTS) is 2. The van der Waals surface area contributed by atoms with E-state index in [0.717, 1.165) is 51.4 Å². The third-order valence-corrected chi connectivity index (χ3v) is 13.8. The van der Waals surface area contributed by atoms with Crippen molar-refractivity contribution in [1.82, 2.24) is 16.0 Å². The van der Waals surface area contributed by atoms with Gasteiger partial charge in [-0.25, -0.2) is 4.79 Å². The van der Waals surface area contributed by atoms with Gasteiger partial charge in [0, 0.05) is 68.5 Å². The van der Waals surface area contributed by atoms with Gasteiger partial charge < -0.3 is 56.0 Å². The van der Waals surface area contributed by atoms with Crippen molar-refractivity contribution in [3.8, 4) is 0 Å². The molecule has 3 atom stereocenters. The van der Waals surface area contributed by atoms with Crippen LogP contribution in [-0.4, -0.2) is 140 Å². The number of allylic oxidation sites excluding steroid dienone is 1. The van der Waals surface area contributed by atoms with Crippen molar-refractivity contribution in [3.05, 3.63) is 11.6 Å². The Morgan fingerprint density at radius 1 is 0.662 bits per heavy atom. The second kappa shape index (κ2) is 34.0. The highest BCUT2D eigenvalue weighted by molar-refractivity contribution is 5.86. The molecule has 71 heavy (non-hydrogen) atoms. The largest absolute Gasteiger partial charge is 0.481 e. The molecule has 0 aromatic carbocycles. The fraction of sp³-hybridized carbons (Fsp3) is 0.784. The molecule has 5 rings (SSSR count). The molecule has 0 spiro atoms. The number of ether oxygens (including phenoxy) is 4. The van der Waals surface area contributed by atoms with Crippen LogP contribution < -0.4 is 21.7 Å². The smallest absolute Gasteiger partial charge is 0.331 e. The Labute approximate surface area is 420 Å². The maximum absolute atomic E-state index is 11.2. The van der Waals surface area contributed by atoms with E-state index < -0.39 is 30.4 Å². The first-order valence-electron chi connectivity index (χ1n) is 25.1. The van der Waals surface area contributed by atoms with Crippen LogP contribution in [0.4, 0.5) is 0 Å². The highest BCUT2D eigenvalue weighted by Crippen LogP contribution is 2.41. The minimum Gasteiger partial charge on any atom is -0.481 e. The van der Waals surface area contributed by atoms with Crippen LogP contribution in [0.1, 0.15) is 144 Å². The molecular weight excluding hydrogens is 925 g/mol. The van der Waals surface area contributed by atoms with Crippen molar-refractivity contribution in [3.63, 3.8) is 0 Å². The van der Waals surface area contributed by atoms with E-state index >= 15 is 0 Å². The Hall–Kier alpha value is -4.47. The molecule has 0 aromatic heterocycles. The Morgan fingerprint density at radius 2 is 1.11 bits per heavy atom. The number of carbonyl (C=O) groups is 9. The molecule has 20 nitrogen and oxygen atoms in total. The van der Waals surface area contributed by atoms with Crippen molar-refractivity contribution in [1.29, 1.82) is 0 Å². The molecule has 20 heteroatoms. The molecule has 0 bridgehead atoms. The Morgan fingerprint density at radius 3 is 1.49 bits per heavy atom. The lowest BCUT2D eigenvalue weighted by Crippen LogP contribution is -2.46. The summed E-state index contributed by atoms with van der Waals surface area (Å²) in [5.41, 5.74) is 5.90. The highest BCUT2D eigenvalue weighted by atomic mass is 16.6. The van der Waals surface area contributed by atoms with Crippen LogP contribution >= 0.6 is 0 Å². The van der Waals surface area contributed by atoms with E-state index in [9.17, 15) is 43.2 Å². The van der Waals surface area contributed by atoms with Crippen molar-refractivity contribution >= 4 is 52.9 Å². The number of aliphatic carboxylic acids is 2. The summed E-state index contributed by atoms with van der Waals surface area (Å²) in [6, 6.07) is 0.840. The molecule has 5 fully saturated rings. The van der Waals surface area contributed by atoms with Crippen LogP contribution in [0, 0.1) is 41.4 Å². The van der Waals surface area contributed by atoms with E-state index in [2.05, 4.69) is 20.7 Å². The summed E-state index contributed by atoms with van der Waals surface area (Å²) in [5, 5.41) is 35.9. The van der Waals surface area contributed by atoms with Gasteiger partial charge >= 0.3 is 23.9 Å². The van der Waals surface area contributed by atoms with Crippen LogP contribution in [0.2, 0.25) is 0 Å². The van der Waals surface area contributed by atoms with Crippen molar-refractivity contribution < 1.29 is 77.4 Å². The Balaban J connectivity index is 0.000000449. The van der Waals surface area contributed by atoms with Crippen LogP contribution in [0.25, 0.3) is 0 Å². The first kappa shape index (κ1) is 64.5. The van der Waals surface area contributed by atoms with E-state index in [1.165, 1.54) is 21.1 Å². The predicted octanol–water partition coefficient (Wildman–Crippen LogP) is 4.06. The summed E-state index contributed by atoms with van der Waals surface area (Å²) in [6.45, 7) is 10.9. The molecule has 0 aliphatic heterocycles. The Bertz CT molecular complexity index is 1690. The zero-order valence-corrected chi connectivity index (χ0v) is 43.8. The number of carboxylic acids is 2. The molecule has 0 saturated heterocycles. The molecule has 1 amide bonds. The van der Waals surface area contributed by atoms with E-state index in [0.29, 0.717) is 68.4 Å². The van der Waals surface area contributed by atoms with Gasteiger partial charge in [-0.3, -0.25) is 38.4 Å². The molecule has 0 radical (unpaired) electrons. The summed E-state index contributed by atoms with van der Waals surface area (Å²) in [7, 11) is 6.52. The number of methoxy groups -OCH3 is 2. The van der Waals surface area contributed by atoms with Gasteiger partial charge in [-0.2, -0.15) is 0 Å². The molecule has 0 heterocycles. The fourth-order valence-corrected chi connectivity index (χ4v) is 8.09. The van der Waals surface area contributed by atoms with Crippen LogP contribution in [-0.2, 0) is 62.1 Å². The van der Waals surface area contributed by atoms with Crippen LogP contribution in [0.3, 0.4) is 0 Å². The number of ketones is 4. The van der Waals surface area contributed by atoms with E-state index in [1.807, 2.05) is 27.1 Å². The number of aliphatic hydroxyl groups excluding tert-OH is 1. The highest BCUT2D eigenvalue weighted by Gasteiger charge is 2.38. The van der Waals surface area contributed by atoms with Gasteiger partial charge in [0.25, 0.3) is 0 Å². The van der Waals surface area contributed by atoms with Crippen molar-refractivity contribution in [2.24, 2.45) is 47.2 Å². The average molecular weight is 1010 g/mol. The van der Waals surface area contributed by atoms with E-state index in [4.69, 9.17) is 35.3 Å². The maximum atomic E-state index is 11.2. The normalized spacial score (nSPS) is 26.9. The number of Topliss-reactive ketones (excluding diaryl/α,β-unsaturated/α-hetero) is 4. The number of unbranched alkanes of at least 4 members (excludes halogenated alkanes) is 1. The summed E-state index contributed by atoms with van der Waals surface area (Å²) < 4.78 is 19.3. The average Bonchev–Trinajstić information content (AvgIpc) is 3.22. The minimum atomic E-state index is -1.11. The first-order chi connectivity index (χ1) is 33.4. The zero-order chi connectivity index (χ0) is 54.0. The van der Waals surface area contributed by atoms with E-state index in [-0.39, 0.29) is 95.8 Å². The third kappa shape index (κ3) is 25.7. The van der Waals surface area contributed by atoms with Gasteiger partial charge in [-0.1, -0.05) is 26.3 Å². The monoisotopic (exact) mass is 1010 g/mol. The summed E-state index contributed by atoms with van der Waals surface area (Å²) in [6.07, 6.45) is 10.5. The summed E-state index contributed by atoms with van der Waals surface area (Å²) in [5.74, 6) is -0.698. The number of esters is 2. The number of amides is 1. The topological polar surface area (TPSA) is 313 Å². The lowest BCUT2D eigenvalue weighted by atomic mass is 9.68. The molecular formula is C51H86N4O16. The zero-order valence-electron chi connectivity index (χ0n) is 43.8. The number of hydrogen-bond donors (Lipinski definition) is 7. The lowest BCUT2D eigenvalue weighted by Gasteiger charge is -2.36. The van der Waals surface area contributed by atoms with Gasteiger partial charge in [-0.05, 0) is 131 Å². The van der Waals surface area contributed by atoms with E-state index in [1.54, 1.807) is 27.7 Å². The third-order valence-electron chi connectivity index (χ3n) is 13.8. The minimum absolute atomic E-state index is 0.0372. The van der Waals surface area contributed by atoms with Crippen LogP contribution in [0.15, 0.2) is 11.6 Å². The van der Waals surface area contributed by atoms with Gasteiger partial charge in [0.2, 0.25) is 5.91 Å². The fourth-order valence-electron chi connectivity index (χ4n) is 8.09. The van der Waals surface area contributed by atoms with Crippen molar-refractivity contribution in [2.45, 2.75) is 181 Å². The number of nitrogens with two attached hydrogens (primary N) is 1. The molecule has 5 saturated carbocycles. The molecule has 0 aromatic rings. The maximum Gasteiger partial charge on any atom is 0.331 e. The summed E-state index contributed by atoms with van der Waals surface area (Å²) in [4.78, 5) is 98.8. The SMILES string of the molecule is CCCCC(=CC1CC(C(C)C(=O)O)C1)C(=O)O.CNC1CC(C(C)=O)C1.CNCCC(=O)NC1CC(C(C)=O)C1.COC(N)CC(=O)OC1CC(C(C)=O)C1.COC(O)CC(=O)OC1CC(C(C)=O)C1. The molecule has 5 aliphatic carbocycles. The van der Waals surface area contributed by atoms with Gasteiger partial charge in [0.05, 0.1) is 18.8 Å². The molecule has 406 valence electrons. The second-order valence-corrected chi connectivity index (χ2v) is 19.5. The Kier molecular flexibility index (Phi) is 30.9. The van der Waals surface area contributed by atoms with Gasteiger partial charge in [-0.15, -0.1) is 0 Å². The lowest BCUT2D eigenvalue weighted by molar-refractivity contribution is -0.167. The van der Waals surface area contributed by atoms with Gasteiger partial charge in [0.1, 0.15) is 41.6 Å². The molecule has 8 N–H and O–H groups in total. The number of carbonyl (C=O) groups excluding carboxylic acids is 7. The molecule has 5 aliphatic rings. The number of rotatable bonds is 24. The number of aliphatic hydroxyl groups is 1. The van der Waals surface area contributed by atoms with Gasteiger partial charge in [0.15, 0.2) is 6.29 Å². The van der Waals surface area contributed by atoms with Crippen LogP contribution in [0.5, 0.6) is 0 Å². The number of nitrogens with one attached hydrogen (secondary N) is 3. The quantitative estimate of drug-likeness (QED) is 0.0407. The first-order valence-corrected chi connectivity index (χ1v) is 25.1. The number of hydrogen-bond acceptors (Lipinski definition) is 17. The predicted molar refractivity (Wildman–Crippen MR) is 262 cm³/mol. The summed E-state index contributed by atoms with van der Waals surface area (Å²) >= 11 is 0. The van der Waals surface area contributed by atoms with Crippen molar-refractivity contribution in [2.75, 3.05) is 34.9 Å². The standard InChI is InChI=1S/C14H22O4.C10H18N2O2.C10H17NO4.C10H16O5.C7H13NO/c1-3-4-5-11(14(17)18)6-10-7-12(8-10)9(2)13(15)16;1-7(13)8-5-9(6-8)12-10(14)3-4-11-2;1-6(12)7-3-8(4-7)15-10(13)5-9(11)14-2;1-6(11)7-3-8(4-7)15-10(13)5-9(12)14-2;1-5(9)6-3-7(4-6)8-2/h6,9-10,12H,3-5,7-8H2,1-2H3,(H,15,16)(H,17,18);8-9,11H,3-6H2,1-2H3,(H,12,14);7-9H,3-5,11H2,1-2H3;7-9,12H,3-5H2,1-2H3;6-8H,3-4H2,1-2H3. The second-order valence-electron chi connectivity index (χ2n) is 19.5. The molecule has 3 unspecified atom stereocenters.